The number of aliphatic carboxylic acids is 2. The van der Waals surface area contributed by atoms with Crippen molar-refractivity contribution in [1.82, 2.24) is 9.97 Å². The molecule has 0 radical (unpaired) electrons. The highest BCUT2D eigenvalue weighted by Gasteiger charge is 2.23. The molecule has 0 saturated carbocycles. The second-order valence-electron chi connectivity index (χ2n) is 5.98. The summed E-state index contributed by atoms with van der Waals surface area (Å²) in [6.45, 7) is 4.06. The van der Waals surface area contributed by atoms with Gasteiger partial charge in [0.2, 0.25) is 0 Å². The van der Waals surface area contributed by atoms with E-state index in [-0.39, 0.29) is 0 Å². The van der Waals surface area contributed by atoms with Crippen LogP contribution in [-0.2, 0) is 9.59 Å². The molecular weight excluding hydrogens is 354 g/mol. The molecule has 3 rings (SSSR count). The average molecular weight is 371 g/mol. The fourth-order valence-corrected chi connectivity index (χ4v) is 3.56. The Labute approximate surface area is 153 Å². The molecule has 0 aliphatic heterocycles. The van der Waals surface area contributed by atoms with Crippen LogP contribution < -0.4 is 5.32 Å². The maximum absolute atomic E-state index is 11.4. The number of aryl methyl sites for hydroxylation is 2. The van der Waals surface area contributed by atoms with E-state index < -0.39 is 24.4 Å². The van der Waals surface area contributed by atoms with Crippen molar-refractivity contribution in [2.24, 2.45) is 0 Å². The van der Waals surface area contributed by atoms with Crippen LogP contribution in [0.2, 0.25) is 0 Å². The van der Waals surface area contributed by atoms with E-state index in [9.17, 15) is 14.7 Å². The van der Waals surface area contributed by atoms with Crippen LogP contribution in [0.3, 0.4) is 0 Å². The molecule has 26 heavy (non-hydrogen) atoms. The third kappa shape index (κ3) is 3.50. The van der Waals surface area contributed by atoms with E-state index >= 15 is 0 Å². The van der Waals surface area contributed by atoms with Gasteiger partial charge >= 0.3 is 11.9 Å². The first-order valence-electron chi connectivity index (χ1n) is 7.87. The van der Waals surface area contributed by atoms with Gasteiger partial charge in [0, 0.05) is 10.9 Å². The first-order valence-corrected chi connectivity index (χ1v) is 8.75. The molecule has 2 aromatic heterocycles. The first kappa shape index (κ1) is 17.8. The van der Waals surface area contributed by atoms with Crippen LogP contribution >= 0.6 is 11.3 Å². The Bertz CT molecular complexity index is 999. The van der Waals surface area contributed by atoms with Gasteiger partial charge in [0.15, 0.2) is 0 Å². The number of carboxylic acids is 2. The lowest BCUT2D eigenvalue weighted by molar-refractivity contribution is -0.144. The summed E-state index contributed by atoms with van der Waals surface area (Å²) in [4.78, 5) is 31.4. The lowest BCUT2D eigenvalue weighted by Gasteiger charge is -2.14. The van der Waals surface area contributed by atoms with E-state index in [1.807, 2.05) is 31.4 Å². The summed E-state index contributed by atoms with van der Waals surface area (Å²) < 4.78 is 0. The summed E-state index contributed by atoms with van der Waals surface area (Å²) in [6.07, 6.45) is 0.787. The van der Waals surface area contributed by atoms with E-state index in [1.54, 1.807) is 0 Å². The smallest absolute Gasteiger partial charge is 0.326 e. The van der Waals surface area contributed by atoms with E-state index in [0.717, 1.165) is 16.7 Å². The minimum atomic E-state index is -1.28. The predicted octanol–water partition coefficient (Wildman–Crippen LogP) is 3.31. The van der Waals surface area contributed by atoms with Gasteiger partial charge in [-0.25, -0.2) is 14.8 Å². The maximum Gasteiger partial charge on any atom is 0.326 e. The van der Waals surface area contributed by atoms with Crippen molar-refractivity contribution in [2.75, 3.05) is 5.32 Å². The topological polar surface area (TPSA) is 112 Å². The Kier molecular flexibility index (Phi) is 4.85. The summed E-state index contributed by atoms with van der Waals surface area (Å²) >= 11 is 1.43. The standard InChI is InChI=1S/C18H17N3O4S/c1-9-3-4-11(5-10(9)2)12-7-26-17-15(12)16(19-8-20-17)21-13(18(24)25)6-14(22)23/h3-5,7-8,13H,6H2,1-2H3,(H,22,23)(H,24,25)(H,19,20,21). The van der Waals surface area contributed by atoms with Crippen LogP contribution in [-0.4, -0.2) is 38.2 Å². The molecule has 3 aromatic rings. The molecule has 1 aromatic carbocycles. The number of thiophene rings is 1. The van der Waals surface area contributed by atoms with Crippen LogP contribution in [0.15, 0.2) is 29.9 Å². The van der Waals surface area contributed by atoms with Crippen molar-refractivity contribution < 1.29 is 19.8 Å². The monoisotopic (exact) mass is 371 g/mol. The Balaban J connectivity index is 2.09. The van der Waals surface area contributed by atoms with Gasteiger partial charge in [0.1, 0.15) is 23.0 Å². The van der Waals surface area contributed by atoms with Crippen molar-refractivity contribution >= 4 is 39.3 Å². The summed E-state index contributed by atoms with van der Waals surface area (Å²) in [5, 5.41) is 23.6. The number of nitrogens with one attached hydrogen (secondary N) is 1. The van der Waals surface area contributed by atoms with Gasteiger partial charge in [-0.1, -0.05) is 18.2 Å². The number of hydrogen-bond acceptors (Lipinski definition) is 6. The summed E-state index contributed by atoms with van der Waals surface area (Å²) in [5.74, 6) is -2.13. The van der Waals surface area contributed by atoms with Crippen LogP contribution in [0.1, 0.15) is 17.5 Å². The Morgan fingerprint density at radius 3 is 2.62 bits per heavy atom. The van der Waals surface area contributed by atoms with Gasteiger partial charge in [0.05, 0.1) is 11.8 Å². The van der Waals surface area contributed by atoms with Crippen molar-refractivity contribution in [2.45, 2.75) is 26.3 Å². The van der Waals surface area contributed by atoms with Gasteiger partial charge in [-0.2, -0.15) is 0 Å². The summed E-state index contributed by atoms with van der Waals surface area (Å²) in [7, 11) is 0. The molecule has 134 valence electrons. The number of carboxylic acid groups (broad SMARTS) is 2. The third-order valence-corrected chi connectivity index (χ3v) is 5.06. The summed E-state index contributed by atoms with van der Waals surface area (Å²) in [6, 6.07) is 4.79. The highest BCUT2D eigenvalue weighted by Crippen LogP contribution is 2.37. The SMILES string of the molecule is Cc1ccc(-c2csc3ncnc(NC(CC(=O)O)C(=O)O)c23)cc1C. The maximum atomic E-state index is 11.4. The van der Waals surface area contributed by atoms with E-state index in [4.69, 9.17) is 5.11 Å². The molecular formula is C18H17N3O4S. The number of fused-ring (bicyclic) bond motifs is 1. The molecule has 7 nitrogen and oxygen atoms in total. The van der Waals surface area contributed by atoms with Crippen molar-refractivity contribution in [3.05, 3.63) is 41.0 Å². The average Bonchev–Trinajstić information content (AvgIpc) is 3.01. The molecule has 0 amide bonds. The predicted molar refractivity (Wildman–Crippen MR) is 99.6 cm³/mol. The molecule has 0 bridgehead atoms. The molecule has 0 fully saturated rings. The third-order valence-electron chi connectivity index (χ3n) is 4.18. The zero-order valence-electron chi connectivity index (χ0n) is 14.2. The number of aromatic nitrogens is 2. The number of carbonyl (C=O) groups is 2. The number of rotatable bonds is 6. The van der Waals surface area contributed by atoms with Gasteiger partial charge in [0.25, 0.3) is 0 Å². The zero-order valence-corrected chi connectivity index (χ0v) is 15.0. The van der Waals surface area contributed by atoms with Gasteiger partial charge < -0.3 is 15.5 Å². The van der Waals surface area contributed by atoms with E-state index in [0.29, 0.717) is 16.0 Å². The van der Waals surface area contributed by atoms with Crippen LogP contribution in [0.5, 0.6) is 0 Å². The number of benzene rings is 1. The second-order valence-corrected chi connectivity index (χ2v) is 6.84. The number of hydrogen-bond donors (Lipinski definition) is 3. The molecule has 3 N–H and O–H groups in total. The number of anilines is 1. The molecule has 0 aliphatic carbocycles. The Morgan fingerprint density at radius 1 is 1.19 bits per heavy atom. The lowest BCUT2D eigenvalue weighted by atomic mass is 10.0. The quantitative estimate of drug-likeness (QED) is 0.609. The largest absolute Gasteiger partial charge is 0.481 e. The van der Waals surface area contributed by atoms with Crippen molar-refractivity contribution in [3.8, 4) is 11.1 Å². The molecule has 0 saturated heterocycles. The van der Waals surface area contributed by atoms with E-state index in [1.165, 1.54) is 23.2 Å². The lowest BCUT2D eigenvalue weighted by Crippen LogP contribution is -2.32. The van der Waals surface area contributed by atoms with Crippen LogP contribution in [0.25, 0.3) is 21.3 Å². The van der Waals surface area contributed by atoms with Gasteiger partial charge in [-0.05, 0) is 30.5 Å². The Hall–Kier alpha value is -3.00. The zero-order chi connectivity index (χ0) is 18.8. The minimum Gasteiger partial charge on any atom is -0.481 e. The second kappa shape index (κ2) is 7.09. The minimum absolute atomic E-state index is 0.318. The first-order chi connectivity index (χ1) is 12.4. The van der Waals surface area contributed by atoms with Gasteiger partial charge in [-0.3, -0.25) is 4.79 Å². The number of nitrogens with zero attached hydrogens (tertiary/aromatic N) is 2. The fraction of sp³-hybridized carbons (Fsp3) is 0.222. The van der Waals surface area contributed by atoms with Crippen LogP contribution in [0, 0.1) is 13.8 Å². The molecule has 2 heterocycles. The molecule has 0 spiro atoms. The Morgan fingerprint density at radius 2 is 1.96 bits per heavy atom. The van der Waals surface area contributed by atoms with E-state index in [2.05, 4.69) is 21.4 Å². The molecule has 8 heteroatoms. The normalized spacial score (nSPS) is 12.1. The molecule has 0 aliphatic rings. The van der Waals surface area contributed by atoms with Crippen LogP contribution in [0.4, 0.5) is 5.82 Å². The highest BCUT2D eigenvalue weighted by molar-refractivity contribution is 7.17. The highest BCUT2D eigenvalue weighted by atomic mass is 32.1. The van der Waals surface area contributed by atoms with Gasteiger partial charge in [-0.15, -0.1) is 11.3 Å². The fourth-order valence-electron chi connectivity index (χ4n) is 2.65. The van der Waals surface area contributed by atoms with Crippen molar-refractivity contribution in [3.63, 3.8) is 0 Å². The molecule has 1 atom stereocenters. The van der Waals surface area contributed by atoms with Crippen molar-refractivity contribution in [1.29, 1.82) is 0 Å². The molecule has 1 unspecified atom stereocenters. The summed E-state index contributed by atoms with van der Waals surface area (Å²) in [5.41, 5.74) is 4.18.